The van der Waals surface area contributed by atoms with Gasteiger partial charge in [-0.3, -0.25) is 9.59 Å². The minimum atomic E-state index is -0.124. The molecular formula is C22H31N3O2. The van der Waals surface area contributed by atoms with Gasteiger partial charge >= 0.3 is 0 Å². The summed E-state index contributed by atoms with van der Waals surface area (Å²) in [6.45, 7) is 2.79. The minimum absolute atomic E-state index is 0.000716. The van der Waals surface area contributed by atoms with Crippen molar-refractivity contribution in [1.82, 2.24) is 15.6 Å². The lowest BCUT2D eigenvalue weighted by Gasteiger charge is -2.20. The lowest BCUT2D eigenvalue weighted by Crippen LogP contribution is -2.38. The summed E-state index contributed by atoms with van der Waals surface area (Å²) in [6, 6.07) is 6.34. The van der Waals surface area contributed by atoms with Gasteiger partial charge in [0.25, 0.3) is 0 Å². The van der Waals surface area contributed by atoms with Gasteiger partial charge in [0.1, 0.15) is 0 Å². The van der Waals surface area contributed by atoms with Crippen molar-refractivity contribution < 1.29 is 9.59 Å². The first kappa shape index (κ1) is 19.5. The zero-order chi connectivity index (χ0) is 19.1. The highest BCUT2D eigenvalue weighted by Gasteiger charge is 2.17. The second-order valence-corrected chi connectivity index (χ2v) is 7.59. The van der Waals surface area contributed by atoms with Crippen molar-refractivity contribution in [2.75, 3.05) is 13.1 Å². The number of aryl methyl sites for hydroxylation is 1. The third kappa shape index (κ3) is 5.34. The van der Waals surface area contributed by atoms with Crippen LogP contribution in [0, 0.1) is 5.92 Å². The van der Waals surface area contributed by atoms with Gasteiger partial charge in [0.05, 0.1) is 6.54 Å². The molecule has 5 nitrogen and oxygen atoms in total. The van der Waals surface area contributed by atoms with E-state index in [9.17, 15) is 9.59 Å². The number of nitrogens with one attached hydrogen (secondary N) is 3. The van der Waals surface area contributed by atoms with Gasteiger partial charge in [0.2, 0.25) is 11.8 Å². The van der Waals surface area contributed by atoms with Crippen molar-refractivity contribution in [2.45, 2.75) is 58.3 Å². The van der Waals surface area contributed by atoms with Crippen LogP contribution < -0.4 is 10.6 Å². The van der Waals surface area contributed by atoms with Crippen LogP contribution in [0.2, 0.25) is 0 Å². The second-order valence-electron chi connectivity index (χ2n) is 7.59. The number of hydrogen-bond acceptors (Lipinski definition) is 2. The van der Waals surface area contributed by atoms with E-state index in [2.05, 4.69) is 40.7 Å². The molecule has 0 spiro atoms. The molecule has 1 heterocycles. The summed E-state index contributed by atoms with van der Waals surface area (Å²) in [5, 5.41) is 6.89. The summed E-state index contributed by atoms with van der Waals surface area (Å²) in [5.41, 5.74) is 3.71. The summed E-state index contributed by atoms with van der Waals surface area (Å²) in [4.78, 5) is 27.3. The molecule has 146 valence electrons. The third-order valence-corrected chi connectivity index (χ3v) is 5.63. The molecule has 0 radical (unpaired) electrons. The van der Waals surface area contributed by atoms with Gasteiger partial charge in [-0.25, -0.2) is 0 Å². The van der Waals surface area contributed by atoms with E-state index >= 15 is 0 Å². The number of para-hydroxylation sites is 1. The molecule has 5 heteroatoms. The largest absolute Gasteiger partial charge is 0.361 e. The van der Waals surface area contributed by atoms with Crippen molar-refractivity contribution in [3.05, 3.63) is 35.5 Å². The first-order valence-corrected chi connectivity index (χ1v) is 10.3. The Bertz CT molecular complexity index is 775. The first-order valence-electron chi connectivity index (χ1n) is 10.3. The highest BCUT2D eigenvalue weighted by Crippen LogP contribution is 2.26. The number of carbonyl (C=O) groups excluding carboxylic acids is 2. The second kappa shape index (κ2) is 9.58. The monoisotopic (exact) mass is 369 g/mol. The average molecular weight is 370 g/mol. The van der Waals surface area contributed by atoms with Crippen molar-refractivity contribution in [3.63, 3.8) is 0 Å². The Morgan fingerprint density at radius 1 is 1.07 bits per heavy atom. The fourth-order valence-corrected chi connectivity index (χ4v) is 4.08. The number of rotatable bonds is 8. The van der Waals surface area contributed by atoms with Crippen LogP contribution in [0.4, 0.5) is 0 Å². The van der Waals surface area contributed by atoms with Crippen LogP contribution >= 0.6 is 0 Å². The molecule has 3 N–H and O–H groups in total. The van der Waals surface area contributed by atoms with Gasteiger partial charge in [0.15, 0.2) is 0 Å². The molecule has 27 heavy (non-hydrogen) atoms. The van der Waals surface area contributed by atoms with Gasteiger partial charge < -0.3 is 15.6 Å². The molecule has 1 aliphatic rings. The van der Waals surface area contributed by atoms with Crippen LogP contribution in [0.5, 0.6) is 0 Å². The average Bonchev–Trinajstić information content (AvgIpc) is 3.10. The molecule has 2 aromatic rings. The molecule has 1 aromatic carbocycles. The van der Waals surface area contributed by atoms with E-state index in [1.807, 2.05) is 6.20 Å². The Kier molecular flexibility index (Phi) is 6.91. The van der Waals surface area contributed by atoms with Crippen molar-refractivity contribution in [1.29, 1.82) is 0 Å². The number of H-pyrrole nitrogens is 1. The normalized spacial score (nSPS) is 15.0. The lowest BCUT2D eigenvalue weighted by atomic mass is 9.87. The number of carbonyl (C=O) groups is 2. The van der Waals surface area contributed by atoms with Gasteiger partial charge in [-0.2, -0.15) is 0 Å². The maximum absolute atomic E-state index is 12.0. The number of fused-ring (bicyclic) bond motifs is 1. The van der Waals surface area contributed by atoms with Crippen LogP contribution in [0.25, 0.3) is 10.9 Å². The van der Waals surface area contributed by atoms with E-state index in [0.717, 1.165) is 25.7 Å². The van der Waals surface area contributed by atoms with Crippen molar-refractivity contribution >= 4 is 22.7 Å². The number of amides is 2. The van der Waals surface area contributed by atoms with Gasteiger partial charge in [0, 0.05) is 30.1 Å². The van der Waals surface area contributed by atoms with E-state index in [-0.39, 0.29) is 18.4 Å². The Balaban J connectivity index is 1.39. The predicted octanol–water partition coefficient (Wildman–Crippen LogP) is 3.48. The van der Waals surface area contributed by atoms with E-state index in [0.29, 0.717) is 18.9 Å². The number of aromatic nitrogens is 1. The Morgan fingerprint density at radius 2 is 1.89 bits per heavy atom. The summed E-state index contributed by atoms with van der Waals surface area (Å²) < 4.78 is 0. The SMILES string of the molecule is CCc1cccc2c(CCNC(=O)CNC(=O)CC3CCCCC3)c[nH]c12. The Hall–Kier alpha value is -2.30. The number of hydrogen-bond donors (Lipinski definition) is 3. The Labute approximate surface area is 161 Å². The summed E-state index contributed by atoms with van der Waals surface area (Å²) in [6.07, 6.45) is 10.4. The molecule has 0 bridgehead atoms. The van der Waals surface area contributed by atoms with Crippen molar-refractivity contribution in [2.24, 2.45) is 5.92 Å². The summed E-state index contributed by atoms with van der Waals surface area (Å²) >= 11 is 0. The molecule has 2 amide bonds. The topological polar surface area (TPSA) is 74.0 Å². The van der Waals surface area contributed by atoms with Gasteiger partial charge in [-0.15, -0.1) is 0 Å². The standard InChI is InChI=1S/C22H31N3O2/c1-2-17-9-6-10-19-18(14-25-22(17)19)11-12-23-21(27)15-24-20(26)13-16-7-4-3-5-8-16/h6,9-10,14,16,25H,2-5,7-8,11-13,15H2,1H3,(H,23,27)(H,24,26). The maximum atomic E-state index is 12.0. The summed E-state index contributed by atoms with van der Waals surface area (Å²) in [7, 11) is 0. The zero-order valence-corrected chi connectivity index (χ0v) is 16.3. The smallest absolute Gasteiger partial charge is 0.239 e. The molecule has 0 atom stereocenters. The van der Waals surface area contributed by atoms with E-state index < -0.39 is 0 Å². The molecule has 1 aliphatic carbocycles. The minimum Gasteiger partial charge on any atom is -0.361 e. The number of benzene rings is 1. The quantitative estimate of drug-likeness (QED) is 0.666. The van der Waals surface area contributed by atoms with Gasteiger partial charge in [-0.05, 0) is 42.7 Å². The maximum Gasteiger partial charge on any atom is 0.239 e. The fraction of sp³-hybridized carbons (Fsp3) is 0.545. The molecular weight excluding hydrogens is 338 g/mol. The Morgan fingerprint density at radius 3 is 2.67 bits per heavy atom. The zero-order valence-electron chi connectivity index (χ0n) is 16.3. The van der Waals surface area contributed by atoms with Crippen LogP contribution in [-0.4, -0.2) is 29.9 Å². The van der Waals surface area contributed by atoms with Crippen LogP contribution in [-0.2, 0) is 22.4 Å². The highest BCUT2D eigenvalue weighted by atomic mass is 16.2. The third-order valence-electron chi connectivity index (χ3n) is 5.63. The predicted molar refractivity (Wildman–Crippen MR) is 109 cm³/mol. The molecule has 0 unspecified atom stereocenters. The molecule has 0 saturated heterocycles. The number of aromatic amines is 1. The first-order chi connectivity index (χ1) is 13.2. The van der Waals surface area contributed by atoms with Crippen LogP contribution in [0.1, 0.15) is 56.6 Å². The molecule has 1 saturated carbocycles. The van der Waals surface area contributed by atoms with Crippen molar-refractivity contribution in [3.8, 4) is 0 Å². The molecule has 0 aliphatic heterocycles. The van der Waals surface area contributed by atoms with Crippen LogP contribution in [0.3, 0.4) is 0 Å². The molecule has 1 fully saturated rings. The molecule has 1 aromatic heterocycles. The lowest BCUT2D eigenvalue weighted by molar-refractivity contribution is -0.126. The van der Waals surface area contributed by atoms with Gasteiger partial charge in [-0.1, -0.05) is 44.4 Å². The van der Waals surface area contributed by atoms with E-state index in [1.165, 1.54) is 41.3 Å². The van der Waals surface area contributed by atoms with E-state index in [4.69, 9.17) is 0 Å². The highest BCUT2D eigenvalue weighted by molar-refractivity contribution is 5.86. The molecule has 3 rings (SSSR count). The van der Waals surface area contributed by atoms with Crippen LogP contribution in [0.15, 0.2) is 24.4 Å². The summed E-state index contributed by atoms with van der Waals surface area (Å²) in [5.74, 6) is 0.374. The van der Waals surface area contributed by atoms with E-state index in [1.54, 1.807) is 0 Å². The fourth-order valence-electron chi connectivity index (χ4n) is 4.08.